The second-order valence-corrected chi connectivity index (χ2v) is 6.36. The molecular formula is C17H19F2N3O3. The zero-order valence-corrected chi connectivity index (χ0v) is 14.4. The number of halogens is 2. The van der Waals surface area contributed by atoms with Crippen molar-refractivity contribution in [2.24, 2.45) is 0 Å². The Morgan fingerprint density at radius 1 is 1.36 bits per heavy atom. The van der Waals surface area contributed by atoms with Gasteiger partial charge in [-0.1, -0.05) is 0 Å². The molecule has 0 aliphatic carbocycles. The third kappa shape index (κ3) is 3.99. The molecule has 1 heterocycles. The van der Waals surface area contributed by atoms with E-state index >= 15 is 0 Å². The van der Waals surface area contributed by atoms with Crippen molar-refractivity contribution in [2.75, 3.05) is 13.7 Å². The average molecular weight is 351 g/mol. The summed E-state index contributed by atoms with van der Waals surface area (Å²) >= 11 is 0. The number of nitriles is 1. The number of fused-ring (bicyclic) bond motifs is 1. The van der Waals surface area contributed by atoms with Crippen molar-refractivity contribution in [3.63, 3.8) is 0 Å². The monoisotopic (exact) mass is 351 g/mol. The molecule has 2 aromatic rings. The molecule has 1 aromatic carbocycles. The van der Waals surface area contributed by atoms with Gasteiger partial charge in [0.1, 0.15) is 23.1 Å². The van der Waals surface area contributed by atoms with E-state index in [1.165, 1.54) is 17.7 Å². The summed E-state index contributed by atoms with van der Waals surface area (Å²) in [6.45, 7) is 5.32. The number of rotatable bonds is 4. The largest absolute Gasteiger partial charge is 0.496 e. The first-order valence-corrected chi connectivity index (χ1v) is 7.60. The molecule has 134 valence electrons. The van der Waals surface area contributed by atoms with Gasteiger partial charge in [0.05, 0.1) is 12.6 Å². The fourth-order valence-corrected chi connectivity index (χ4v) is 2.42. The second-order valence-electron chi connectivity index (χ2n) is 6.36. The number of hydrogen-bond donors (Lipinski definition) is 1. The van der Waals surface area contributed by atoms with Crippen molar-refractivity contribution in [3.8, 4) is 11.8 Å². The minimum Gasteiger partial charge on any atom is -0.496 e. The molecule has 0 saturated heterocycles. The van der Waals surface area contributed by atoms with Gasteiger partial charge >= 0.3 is 6.09 Å². The highest BCUT2D eigenvalue weighted by molar-refractivity contribution is 5.89. The molecule has 0 spiro atoms. The second kappa shape index (κ2) is 6.97. The SMILES string of the molecule is COc1cc(F)c(F)c2c1cc(C#N)n2CCNC(=O)OC(C)(C)C. The summed E-state index contributed by atoms with van der Waals surface area (Å²) in [5.74, 6) is -2.02. The first-order chi connectivity index (χ1) is 11.7. The molecule has 0 aliphatic heterocycles. The fourth-order valence-electron chi connectivity index (χ4n) is 2.42. The van der Waals surface area contributed by atoms with Crippen LogP contribution in [-0.4, -0.2) is 29.9 Å². The Kier molecular flexibility index (Phi) is 5.16. The number of nitrogens with zero attached hydrogens (tertiary/aromatic N) is 2. The zero-order chi connectivity index (χ0) is 18.8. The number of methoxy groups -OCH3 is 1. The van der Waals surface area contributed by atoms with Crippen LogP contribution in [0.25, 0.3) is 10.9 Å². The molecular weight excluding hydrogens is 332 g/mol. The van der Waals surface area contributed by atoms with Gasteiger partial charge in [0.15, 0.2) is 11.6 Å². The standard InChI is InChI=1S/C17H19F2N3O3/c1-17(2,3)25-16(23)21-5-6-22-10(9-20)7-11-13(24-4)8-12(18)14(19)15(11)22/h7-8H,5-6H2,1-4H3,(H,21,23). The van der Waals surface area contributed by atoms with Gasteiger partial charge in [-0.3, -0.25) is 0 Å². The molecule has 1 aromatic heterocycles. The molecule has 1 amide bonds. The number of benzene rings is 1. The average Bonchev–Trinajstić information content (AvgIpc) is 2.88. The van der Waals surface area contributed by atoms with Crippen molar-refractivity contribution >= 4 is 17.0 Å². The van der Waals surface area contributed by atoms with E-state index in [1.807, 2.05) is 6.07 Å². The quantitative estimate of drug-likeness (QED) is 0.917. The fraction of sp³-hybridized carbons (Fsp3) is 0.412. The smallest absolute Gasteiger partial charge is 0.407 e. The lowest BCUT2D eigenvalue weighted by Crippen LogP contribution is -2.34. The van der Waals surface area contributed by atoms with Crippen LogP contribution < -0.4 is 10.1 Å². The summed E-state index contributed by atoms with van der Waals surface area (Å²) in [7, 11) is 1.33. The molecule has 0 bridgehead atoms. The van der Waals surface area contributed by atoms with Crippen LogP contribution in [0.5, 0.6) is 5.75 Å². The number of ether oxygens (including phenoxy) is 2. The number of alkyl carbamates (subject to hydrolysis) is 1. The first-order valence-electron chi connectivity index (χ1n) is 7.60. The Labute approximate surface area is 143 Å². The molecule has 1 N–H and O–H groups in total. The molecule has 0 fully saturated rings. The number of carbonyl (C=O) groups excluding carboxylic acids is 1. The maximum absolute atomic E-state index is 14.3. The van der Waals surface area contributed by atoms with E-state index in [4.69, 9.17) is 9.47 Å². The molecule has 2 rings (SSSR count). The van der Waals surface area contributed by atoms with Crippen LogP contribution in [-0.2, 0) is 11.3 Å². The van der Waals surface area contributed by atoms with Crippen molar-refractivity contribution in [2.45, 2.75) is 32.9 Å². The number of hydrogen-bond acceptors (Lipinski definition) is 4. The zero-order valence-electron chi connectivity index (χ0n) is 14.4. The van der Waals surface area contributed by atoms with Crippen molar-refractivity contribution in [1.29, 1.82) is 5.26 Å². The summed E-state index contributed by atoms with van der Waals surface area (Å²) < 4.78 is 39.5. The number of aromatic nitrogens is 1. The normalized spacial score (nSPS) is 11.2. The molecule has 0 atom stereocenters. The third-order valence-electron chi connectivity index (χ3n) is 3.38. The van der Waals surface area contributed by atoms with Gasteiger partial charge in [0.25, 0.3) is 0 Å². The Hall–Kier alpha value is -2.82. The molecule has 6 nitrogen and oxygen atoms in total. The van der Waals surface area contributed by atoms with Crippen LogP contribution >= 0.6 is 0 Å². The minimum absolute atomic E-state index is 0.0646. The van der Waals surface area contributed by atoms with E-state index in [2.05, 4.69) is 5.32 Å². The van der Waals surface area contributed by atoms with Crippen LogP contribution in [0.1, 0.15) is 26.5 Å². The van der Waals surface area contributed by atoms with Crippen LogP contribution in [0.4, 0.5) is 13.6 Å². The van der Waals surface area contributed by atoms with Gasteiger partial charge in [0.2, 0.25) is 0 Å². The number of carbonyl (C=O) groups is 1. The van der Waals surface area contributed by atoms with Crippen LogP contribution in [0.15, 0.2) is 12.1 Å². The maximum Gasteiger partial charge on any atom is 0.407 e. The van der Waals surface area contributed by atoms with E-state index < -0.39 is 23.3 Å². The lowest BCUT2D eigenvalue weighted by Gasteiger charge is -2.19. The highest BCUT2D eigenvalue weighted by atomic mass is 19.2. The van der Waals surface area contributed by atoms with Gasteiger partial charge in [-0.05, 0) is 26.8 Å². The maximum atomic E-state index is 14.3. The summed E-state index contributed by atoms with van der Waals surface area (Å²) in [6, 6.07) is 4.29. The first kappa shape index (κ1) is 18.5. The van der Waals surface area contributed by atoms with E-state index in [0.717, 1.165) is 6.07 Å². The van der Waals surface area contributed by atoms with E-state index in [1.54, 1.807) is 20.8 Å². The summed E-state index contributed by atoms with van der Waals surface area (Å²) in [4.78, 5) is 11.7. The van der Waals surface area contributed by atoms with E-state index in [0.29, 0.717) is 0 Å². The van der Waals surface area contributed by atoms with Crippen LogP contribution in [0.3, 0.4) is 0 Å². The molecule has 0 aliphatic rings. The van der Waals surface area contributed by atoms with Crippen LogP contribution in [0, 0.1) is 23.0 Å². The third-order valence-corrected chi connectivity index (χ3v) is 3.38. The Morgan fingerprint density at radius 3 is 2.60 bits per heavy atom. The van der Waals surface area contributed by atoms with Crippen molar-refractivity contribution in [1.82, 2.24) is 9.88 Å². The highest BCUT2D eigenvalue weighted by Gasteiger charge is 2.20. The summed E-state index contributed by atoms with van der Waals surface area (Å²) in [5, 5.41) is 12.1. The summed E-state index contributed by atoms with van der Waals surface area (Å²) in [6.07, 6.45) is -0.633. The molecule has 0 radical (unpaired) electrons. The lowest BCUT2D eigenvalue weighted by atomic mass is 10.2. The molecule has 25 heavy (non-hydrogen) atoms. The Morgan fingerprint density at radius 2 is 2.04 bits per heavy atom. The van der Waals surface area contributed by atoms with Gasteiger partial charge in [-0.2, -0.15) is 5.26 Å². The van der Waals surface area contributed by atoms with E-state index in [9.17, 15) is 18.8 Å². The number of amides is 1. The van der Waals surface area contributed by atoms with Crippen molar-refractivity contribution < 1.29 is 23.0 Å². The van der Waals surface area contributed by atoms with Gasteiger partial charge in [0, 0.05) is 24.5 Å². The van der Waals surface area contributed by atoms with Gasteiger partial charge in [-0.25, -0.2) is 13.6 Å². The summed E-state index contributed by atoms with van der Waals surface area (Å²) in [5.41, 5.74) is -0.604. The van der Waals surface area contributed by atoms with Gasteiger partial charge < -0.3 is 19.4 Å². The highest BCUT2D eigenvalue weighted by Crippen LogP contribution is 2.32. The van der Waals surface area contributed by atoms with E-state index in [-0.39, 0.29) is 35.4 Å². The predicted octanol–water partition coefficient (Wildman–Crippen LogP) is 3.32. The molecule has 0 saturated carbocycles. The lowest BCUT2D eigenvalue weighted by molar-refractivity contribution is 0.0526. The number of nitrogens with one attached hydrogen (secondary N) is 1. The van der Waals surface area contributed by atoms with Crippen LogP contribution in [0.2, 0.25) is 0 Å². The minimum atomic E-state index is -1.08. The molecule has 0 unspecified atom stereocenters. The van der Waals surface area contributed by atoms with Gasteiger partial charge in [-0.15, -0.1) is 0 Å². The molecule has 8 heteroatoms. The predicted molar refractivity (Wildman–Crippen MR) is 87.4 cm³/mol. The topological polar surface area (TPSA) is 76.3 Å². The van der Waals surface area contributed by atoms with Crippen molar-refractivity contribution in [3.05, 3.63) is 29.5 Å². The Bertz CT molecular complexity index is 848. The Balaban J connectivity index is 2.30.